The molecule has 2 amide bonds. The first-order chi connectivity index (χ1) is 14.1. The van der Waals surface area contributed by atoms with E-state index in [-0.39, 0.29) is 20.0 Å². The molecule has 2 N–H and O–H groups in total. The van der Waals surface area contributed by atoms with Crippen LogP contribution in [-0.4, -0.2) is 32.0 Å². The van der Waals surface area contributed by atoms with Crippen LogP contribution in [0.1, 0.15) is 18.5 Å². The van der Waals surface area contributed by atoms with E-state index in [9.17, 15) is 9.59 Å². The van der Waals surface area contributed by atoms with Crippen LogP contribution in [-0.2, 0) is 9.53 Å². The Bertz CT molecular complexity index is 957. The number of para-hydroxylation sites is 1. The van der Waals surface area contributed by atoms with Gasteiger partial charge in [-0.1, -0.05) is 24.3 Å². The molecular weight excluding hydrogens is 376 g/mol. The second-order valence-electron chi connectivity index (χ2n) is 6.48. The topological polar surface area (TPSA) is 95.1 Å². The second-order valence-corrected chi connectivity index (χ2v) is 6.48. The van der Waals surface area contributed by atoms with Gasteiger partial charge in [-0.25, -0.2) is 9.59 Å². The molecule has 1 atom stereocenters. The Morgan fingerprint density at radius 2 is 1.90 bits per heavy atom. The van der Waals surface area contributed by atoms with Crippen molar-refractivity contribution in [1.82, 2.24) is 10.6 Å². The van der Waals surface area contributed by atoms with E-state index < -0.39 is 18.0 Å². The lowest BCUT2D eigenvalue weighted by Gasteiger charge is -2.28. The molecule has 2 aliphatic rings. The van der Waals surface area contributed by atoms with Crippen molar-refractivity contribution in [1.29, 1.82) is 0 Å². The number of amides is 2. The lowest BCUT2D eigenvalue weighted by atomic mass is 9.95. The van der Waals surface area contributed by atoms with Gasteiger partial charge >= 0.3 is 12.0 Å². The molecule has 0 saturated carbocycles. The molecule has 2 aromatic carbocycles. The minimum absolute atomic E-state index is 0.0757. The predicted molar refractivity (Wildman–Crippen MR) is 103 cm³/mol. The first kappa shape index (κ1) is 18.7. The summed E-state index contributed by atoms with van der Waals surface area (Å²) in [6, 6.07) is 13.5. The highest BCUT2D eigenvalue weighted by Gasteiger charge is 2.33. The van der Waals surface area contributed by atoms with Crippen LogP contribution in [0.15, 0.2) is 59.8 Å². The number of urea groups is 1. The first-order valence-corrected chi connectivity index (χ1v) is 9.14. The zero-order chi connectivity index (χ0) is 20.2. The molecule has 0 saturated heterocycles. The molecule has 4 rings (SSSR count). The van der Waals surface area contributed by atoms with E-state index in [2.05, 4.69) is 10.6 Å². The summed E-state index contributed by atoms with van der Waals surface area (Å²) in [6.07, 6.45) is 0. The van der Waals surface area contributed by atoms with E-state index in [1.165, 1.54) is 0 Å². The Labute approximate surface area is 167 Å². The molecule has 0 spiro atoms. The molecule has 2 aliphatic heterocycles. The summed E-state index contributed by atoms with van der Waals surface area (Å²) >= 11 is 0. The molecule has 0 fully saturated rings. The highest BCUT2D eigenvalue weighted by molar-refractivity contribution is 5.95. The van der Waals surface area contributed by atoms with E-state index in [4.69, 9.17) is 18.9 Å². The Hall–Kier alpha value is -3.68. The highest BCUT2D eigenvalue weighted by atomic mass is 16.7. The Morgan fingerprint density at radius 1 is 1.10 bits per heavy atom. The normalized spacial score (nSPS) is 17.4. The third-order valence-electron chi connectivity index (χ3n) is 4.55. The van der Waals surface area contributed by atoms with E-state index >= 15 is 0 Å². The van der Waals surface area contributed by atoms with Gasteiger partial charge in [0, 0.05) is 5.70 Å². The number of fused-ring (bicyclic) bond motifs is 1. The number of carbonyl (C=O) groups excluding carboxylic acids is 2. The minimum Gasteiger partial charge on any atom is -0.490 e. The summed E-state index contributed by atoms with van der Waals surface area (Å²) in [5.74, 6) is 1.35. The van der Waals surface area contributed by atoms with Gasteiger partial charge in [0.1, 0.15) is 19.0 Å². The van der Waals surface area contributed by atoms with Crippen molar-refractivity contribution >= 4 is 12.0 Å². The highest BCUT2D eigenvalue weighted by Crippen LogP contribution is 2.37. The quantitative estimate of drug-likeness (QED) is 0.576. The molecular formula is C21H20N2O6. The van der Waals surface area contributed by atoms with Crippen LogP contribution >= 0.6 is 0 Å². The maximum atomic E-state index is 12.8. The number of hydrogen-bond donors (Lipinski definition) is 2. The molecule has 0 radical (unpaired) electrons. The lowest BCUT2D eigenvalue weighted by Crippen LogP contribution is -2.45. The molecule has 2 aromatic rings. The summed E-state index contributed by atoms with van der Waals surface area (Å²) < 4.78 is 21.6. The molecule has 2 heterocycles. The fourth-order valence-electron chi connectivity index (χ4n) is 3.20. The number of benzene rings is 2. The SMILES string of the molecule is CC1=C(C(=O)OCCOc2ccccc2)C(c2ccc3c(c2)OCO3)NC(=O)N1. The summed E-state index contributed by atoms with van der Waals surface area (Å²) in [5, 5.41) is 5.39. The van der Waals surface area contributed by atoms with Gasteiger partial charge in [-0.05, 0) is 36.8 Å². The molecule has 8 heteroatoms. The third-order valence-corrected chi connectivity index (χ3v) is 4.55. The average molecular weight is 396 g/mol. The van der Waals surface area contributed by atoms with Gasteiger partial charge in [0.05, 0.1) is 11.6 Å². The average Bonchev–Trinajstić information content (AvgIpc) is 3.19. The number of nitrogens with one attached hydrogen (secondary N) is 2. The predicted octanol–water partition coefficient (Wildman–Crippen LogP) is 2.67. The van der Waals surface area contributed by atoms with Crippen LogP contribution in [0.5, 0.6) is 17.2 Å². The van der Waals surface area contributed by atoms with Gasteiger partial charge in [-0.3, -0.25) is 0 Å². The maximum Gasteiger partial charge on any atom is 0.338 e. The van der Waals surface area contributed by atoms with Gasteiger partial charge in [-0.15, -0.1) is 0 Å². The monoisotopic (exact) mass is 396 g/mol. The standard InChI is InChI=1S/C21H20N2O6/c1-13-18(20(24)27-10-9-26-15-5-3-2-4-6-15)19(23-21(25)22-13)14-7-8-16-17(11-14)29-12-28-16/h2-8,11,19H,9-10,12H2,1H3,(H2,22,23,25). The fraction of sp³-hybridized carbons (Fsp3) is 0.238. The number of carbonyl (C=O) groups is 2. The number of hydrogen-bond acceptors (Lipinski definition) is 6. The molecule has 8 nitrogen and oxygen atoms in total. The number of rotatable bonds is 6. The number of ether oxygens (including phenoxy) is 4. The van der Waals surface area contributed by atoms with Gasteiger partial charge in [0.2, 0.25) is 6.79 Å². The van der Waals surface area contributed by atoms with Crippen LogP contribution in [0, 0.1) is 0 Å². The summed E-state index contributed by atoms with van der Waals surface area (Å²) in [6.45, 7) is 2.10. The Balaban J connectivity index is 1.46. The largest absolute Gasteiger partial charge is 0.490 e. The third kappa shape index (κ3) is 4.11. The van der Waals surface area contributed by atoms with E-state index in [1.807, 2.05) is 30.3 Å². The summed E-state index contributed by atoms with van der Waals surface area (Å²) in [4.78, 5) is 24.8. The number of allylic oxidation sites excluding steroid dienone is 1. The van der Waals surface area contributed by atoms with Crippen molar-refractivity contribution in [3.63, 3.8) is 0 Å². The molecule has 150 valence electrons. The minimum atomic E-state index is -0.666. The van der Waals surface area contributed by atoms with Gasteiger partial charge in [0.25, 0.3) is 0 Å². The molecule has 1 unspecified atom stereocenters. The van der Waals surface area contributed by atoms with Crippen LogP contribution < -0.4 is 24.8 Å². The molecule has 0 aromatic heterocycles. The van der Waals surface area contributed by atoms with Gasteiger partial charge < -0.3 is 29.6 Å². The lowest BCUT2D eigenvalue weighted by molar-refractivity contribution is -0.140. The summed E-state index contributed by atoms with van der Waals surface area (Å²) in [7, 11) is 0. The Kier molecular flexibility index (Phi) is 5.24. The van der Waals surface area contributed by atoms with Crippen LogP contribution in [0.4, 0.5) is 4.79 Å². The van der Waals surface area contributed by atoms with Crippen LogP contribution in [0.25, 0.3) is 0 Å². The van der Waals surface area contributed by atoms with Crippen molar-refractivity contribution in [2.45, 2.75) is 13.0 Å². The van der Waals surface area contributed by atoms with Gasteiger partial charge in [0.15, 0.2) is 11.5 Å². The van der Waals surface area contributed by atoms with E-state index in [0.29, 0.717) is 34.1 Å². The van der Waals surface area contributed by atoms with Crippen molar-refractivity contribution < 1.29 is 28.5 Å². The zero-order valence-electron chi connectivity index (χ0n) is 15.8. The zero-order valence-corrected chi connectivity index (χ0v) is 15.8. The van der Waals surface area contributed by atoms with Crippen molar-refractivity contribution in [3.05, 3.63) is 65.4 Å². The van der Waals surface area contributed by atoms with E-state index in [1.54, 1.807) is 25.1 Å². The molecule has 0 aliphatic carbocycles. The summed E-state index contributed by atoms with van der Waals surface area (Å²) in [5.41, 5.74) is 1.45. The Morgan fingerprint density at radius 3 is 2.72 bits per heavy atom. The number of esters is 1. The fourth-order valence-corrected chi connectivity index (χ4v) is 3.20. The molecule has 29 heavy (non-hydrogen) atoms. The first-order valence-electron chi connectivity index (χ1n) is 9.14. The smallest absolute Gasteiger partial charge is 0.338 e. The van der Waals surface area contributed by atoms with E-state index in [0.717, 1.165) is 0 Å². The molecule has 0 bridgehead atoms. The maximum absolute atomic E-state index is 12.8. The van der Waals surface area contributed by atoms with Crippen LogP contribution in [0.2, 0.25) is 0 Å². The second kappa shape index (κ2) is 8.14. The van der Waals surface area contributed by atoms with Crippen molar-refractivity contribution in [2.75, 3.05) is 20.0 Å². The van der Waals surface area contributed by atoms with Gasteiger partial charge in [-0.2, -0.15) is 0 Å². The van der Waals surface area contributed by atoms with Crippen LogP contribution in [0.3, 0.4) is 0 Å². The van der Waals surface area contributed by atoms with Crippen molar-refractivity contribution in [3.8, 4) is 17.2 Å². The van der Waals surface area contributed by atoms with Crippen molar-refractivity contribution in [2.24, 2.45) is 0 Å².